The molecule has 5 nitrogen and oxygen atoms in total. The second kappa shape index (κ2) is 8.10. The maximum atomic E-state index is 9.98. The van der Waals surface area contributed by atoms with Crippen molar-refractivity contribution in [3.8, 4) is 11.1 Å². The minimum Gasteiger partial charge on any atom is -0.393 e. The van der Waals surface area contributed by atoms with Gasteiger partial charge in [0.1, 0.15) is 5.82 Å². The molecule has 0 spiro atoms. The van der Waals surface area contributed by atoms with Gasteiger partial charge in [-0.1, -0.05) is 19.8 Å². The number of aryl methyl sites for hydroxylation is 1. The number of fused-ring (bicyclic) bond motifs is 1. The summed E-state index contributed by atoms with van der Waals surface area (Å²) in [4.78, 5) is 9.13. The van der Waals surface area contributed by atoms with Gasteiger partial charge in [-0.2, -0.15) is 5.10 Å². The Kier molecular flexibility index (Phi) is 5.32. The Morgan fingerprint density at radius 2 is 1.90 bits per heavy atom. The molecule has 0 unspecified atom stereocenters. The molecule has 2 aliphatic rings. The molecule has 3 heterocycles. The van der Waals surface area contributed by atoms with Crippen molar-refractivity contribution < 1.29 is 5.11 Å². The molecule has 5 heteroatoms. The summed E-state index contributed by atoms with van der Waals surface area (Å²) in [5, 5.41) is 15.0. The lowest BCUT2D eigenvalue weighted by atomic mass is 9.85. The number of pyridine rings is 1. The summed E-state index contributed by atoms with van der Waals surface area (Å²) in [5.41, 5.74) is 5.69. The third-order valence-corrected chi connectivity index (χ3v) is 6.88. The lowest BCUT2D eigenvalue weighted by Gasteiger charge is -2.25. The van der Waals surface area contributed by atoms with E-state index in [9.17, 15) is 5.11 Å². The van der Waals surface area contributed by atoms with E-state index in [2.05, 4.69) is 34.6 Å². The fraction of sp³-hybridized carbons (Fsp3) is 0.560. The second-order valence-corrected chi connectivity index (χ2v) is 9.63. The minimum absolute atomic E-state index is 0.150. The molecule has 158 valence electrons. The first-order valence-electron chi connectivity index (χ1n) is 11.6. The summed E-state index contributed by atoms with van der Waals surface area (Å²) in [7, 11) is 0. The number of aliphatic hydroxyl groups excluding tert-OH is 1. The van der Waals surface area contributed by atoms with Crippen molar-refractivity contribution in [2.75, 3.05) is 0 Å². The van der Waals surface area contributed by atoms with Crippen LogP contribution in [0.4, 0.5) is 0 Å². The smallest absolute Gasteiger partial charge is 0.149 e. The summed E-state index contributed by atoms with van der Waals surface area (Å²) < 4.78 is 2.15. The molecule has 2 saturated carbocycles. The molecular weight excluding hydrogens is 372 g/mol. The molecular formula is C25H32N4O. The van der Waals surface area contributed by atoms with Crippen molar-refractivity contribution in [1.29, 1.82) is 0 Å². The van der Waals surface area contributed by atoms with E-state index >= 15 is 0 Å². The Bertz CT molecular complexity index is 1030. The molecule has 3 aromatic heterocycles. The highest BCUT2D eigenvalue weighted by Gasteiger charge is 2.27. The largest absolute Gasteiger partial charge is 0.393 e. The molecule has 1 N–H and O–H groups in total. The van der Waals surface area contributed by atoms with Gasteiger partial charge in [0.05, 0.1) is 17.8 Å². The number of hydrogen-bond donors (Lipinski definition) is 1. The predicted molar refractivity (Wildman–Crippen MR) is 118 cm³/mol. The van der Waals surface area contributed by atoms with Crippen LogP contribution in [-0.4, -0.2) is 30.8 Å². The van der Waals surface area contributed by atoms with Crippen LogP contribution in [0.3, 0.4) is 0 Å². The standard InChI is InChI=1S/C25H32N4O/c1-16(11-18-3-4-18)12-25-27-15-24-22(20-9-10-26-17(2)13-20)14-23(29(24)28-25)19-5-7-21(30)8-6-19/h9-10,13-16,18-19,21,30H,3-8,11-12H2,1-2H3/t16-,19?,21?/m0/s1. The normalized spacial score (nSPS) is 23.0. The lowest BCUT2D eigenvalue weighted by molar-refractivity contribution is 0.121. The summed E-state index contributed by atoms with van der Waals surface area (Å²) >= 11 is 0. The van der Waals surface area contributed by atoms with E-state index in [1.165, 1.54) is 36.1 Å². The Labute approximate surface area is 178 Å². The van der Waals surface area contributed by atoms with Crippen LogP contribution in [0.15, 0.2) is 30.6 Å². The average molecular weight is 405 g/mol. The van der Waals surface area contributed by atoms with E-state index in [1.807, 2.05) is 19.3 Å². The summed E-state index contributed by atoms with van der Waals surface area (Å²) in [6, 6.07) is 6.51. The molecule has 30 heavy (non-hydrogen) atoms. The van der Waals surface area contributed by atoms with Crippen molar-refractivity contribution in [1.82, 2.24) is 19.6 Å². The van der Waals surface area contributed by atoms with Crippen molar-refractivity contribution >= 4 is 5.52 Å². The quantitative estimate of drug-likeness (QED) is 0.621. The average Bonchev–Trinajstić information content (AvgIpc) is 3.46. The van der Waals surface area contributed by atoms with E-state index in [4.69, 9.17) is 10.1 Å². The predicted octanol–water partition coefficient (Wildman–Crippen LogP) is 5.10. The summed E-state index contributed by atoms with van der Waals surface area (Å²) in [6.45, 7) is 4.36. The molecule has 3 aromatic rings. The van der Waals surface area contributed by atoms with Gasteiger partial charge in [-0.05, 0) is 74.6 Å². The molecule has 0 bridgehead atoms. The van der Waals surface area contributed by atoms with Crippen LogP contribution in [-0.2, 0) is 6.42 Å². The molecule has 5 rings (SSSR count). The van der Waals surface area contributed by atoms with Gasteiger partial charge in [-0.3, -0.25) is 4.98 Å². The second-order valence-electron chi connectivity index (χ2n) is 9.63. The first-order chi connectivity index (χ1) is 14.6. The van der Waals surface area contributed by atoms with Gasteiger partial charge < -0.3 is 5.11 Å². The lowest BCUT2D eigenvalue weighted by Crippen LogP contribution is -2.18. The molecule has 1 atom stereocenters. The van der Waals surface area contributed by atoms with Gasteiger partial charge in [-0.15, -0.1) is 0 Å². The number of aliphatic hydroxyl groups is 1. The highest BCUT2D eigenvalue weighted by molar-refractivity contribution is 5.81. The van der Waals surface area contributed by atoms with E-state index in [0.717, 1.165) is 55.1 Å². The molecule has 0 aliphatic heterocycles. The monoisotopic (exact) mass is 404 g/mol. The zero-order chi connectivity index (χ0) is 20.7. The van der Waals surface area contributed by atoms with E-state index in [1.54, 1.807) is 0 Å². The van der Waals surface area contributed by atoms with Crippen LogP contribution in [0.2, 0.25) is 0 Å². The van der Waals surface area contributed by atoms with Crippen LogP contribution in [0, 0.1) is 18.8 Å². The highest BCUT2D eigenvalue weighted by atomic mass is 16.3. The molecule has 0 radical (unpaired) electrons. The third kappa shape index (κ3) is 4.13. The van der Waals surface area contributed by atoms with Crippen molar-refractivity contribution in [2.45, 2.75) is 77.2 Å². The highest BCUT2D eigenvalue weighted by Crippen LogP contribution is 2.38. The zero-order valence-corrected chi connectivity index (χ0v) is 18.1. The molecule has 0 amide bonds. The molecule has 2 fully saturated rings. The van der Waals surface area contributed by atoms with Gasteiger partial charge in [-0.25, -0.2) is 9.50 Å². The van der Waals surface area contributed by atoms with Gasteiger partial charge in [0.2, 0.25) is 0 Å². The first-order valence-corrected chi connectivity index (χ1v) is 11.6. The molecule has 0 aromatic carbocycles. The molecule has 2 aliphatic carbocycles. The van der Waals surface area contributed by atoms with Gasteiger partial charge in [0.25, 0.3) is 0 Å². The SMILES string of the molecule is Cc1cc(-c2cc(C3CCC(O)CC3)n3nc(C[C@@H](C)CC4CC4)ncc23)ccn1. The van der Waals surface area contributed by atoms with E-state index in [-0.39, 0.29) is 6.10 Å². The fourth-order valence-corrected chi connectivity index (χ4v) is 5.07. The van der Waals surface area contributed by atoms with Gasteiger partial charge >= 0.3 is 0 Å². The van der Waals surface area contributed by atoms with Crippen molar-refractivity contribution in [3.63, 3.8) is 0 Å². The number of aromatic nitrogens is 4. The Balaban J connectivity index is 1.53. The van der Waals surface area contributed by atoms with Gasteiger partial charge in [0.15, 0.2) is 0 Å². The first kappa shape index (κ1) is 19.7. The Hall–Kier alpha value is -2.27. The van der Waals surface area contributed by atoms with Crippen LogP contribution in [0.5, 0.6) is 0 Å². The zero-order valence-electron chi connectivity index (χ0n) is 18.1. The topological polar surface area (TPSA) is 63.3 Å². The fourth-order valence-electron chi connectivity index (χ4n) is 5.07. The number of rotatable bonds is 6. The Morgan fingerprint density at radius 1 is 1.10 bits per heavy atom. The Morgan fingerprint density at radius 3 is 2.63 bits per heavy atom. The summed E-state index contributed by atoms with van der Waals surface area (Å²) in [6.07, 6.45) is 12.5. The minimum atomic E-state index is -0.150. The third-order valence-electron chi connectivity index (χ3n) is 6.88. The van der Waals surface area contributed by atoms with Crippen LogP contribution in [0.1, 0.15) is 75.0 Å². The van der Waals surface area contributed by atoms with E-state index < -0.39 is 0 Å². The number of hydrogen-bond acceptors (Lipinski definition) is 4. The van der Waals surface area contributed by atoms with Crippen LogP contribution in [0.25, 0.3) is 16.6 Å². The van der Waals surface area contributed by atoms with Crippen LogP contribution < -0.4 is 0 Å². The maximum absolute atomic E-state index is 9.98. The summed E-state index contributed by atoms with van der Waals surface area (Å²) in [5.74, 6) is 2.94. The van der Waals surface area contributed by atoms with Gasteiger partial charge in [0, 0.05) is 35.5 Å². The number of nitrogens with zero attached hydrogens (tertiary/aromatic N) is 4. The molecule has 0 saturated heterocycles. The van der Waals surface area contributed by atoms with E-state index in [0.29, 0.717) is 11.8 Å². The van der Waals surface area contributed by atoms with Crippen molar-refractivity contribution in [2.24, 2.45) is 11.8 Å². The van der Waals surface area contributed by atoms with Crippen LogP contribution >= 0.6 is 0 Å². The van der Waals surface area contributed by atoms with Crippen molar-refractivity contribution in [3.05, 3.63) is 47.8 Å². The maximum Gasteiger partial charge on any atom is 0.149 e.